The highest BCUT2D eigenvalue weighted by Gasteiger charge is 2.08. The van der Waals surface area contributed by atoms with Crippen LogP contribution in [0.4, 0.5) is 10.1 Å². The Hall–Kier alpha value is -1.46. The van der Waals surface area contributed by atoms with Gasteiger partial charge in [0, 0.05) is 24.2 Å². The zero-order valence-electron chi connectivity index (χ0n) is 10.3. The van der Waals surface area contributed by atoms with Crippen LogP contribution >= 0.6 is 11.3 Å². The Bertz CT molecular complexity index is 512. The van der Waals surface area contributed by atoms with Crippen molar-refractivity contribution in [3.8, 4) is 0 Å². The molecule has 0 aliphatic carbocycles. The molecule has 2 aromatic rings. The predicted octanol–water partition coefficient (Wildman–Crippen LogP) is 2.77. The Morgan fingerprint density at radius 3 is 2.89 bits per heavy atom. The number of thiazole rings is 1. The van der Waals surface area contributed by atoms with Gasteiger partial charge in [0.1, 0.15) is 10.8 Å². The number of hydrogen-bond donors (Lipinski definition) is 1. The summed E-state index contributed by atoms with van der Waals surface area (Å²) < 4.78 is 13.2. The average molecular weight is 265 g/mol. The molecule has 0 atom stereocenters. The van der Waals surface area contributed by atoms with Gasteiger partial charge in [-0.1, -0.05) is 6.07 Å². The standard InChI is InChI=1S/C13H16FN3S/c1-2-17(12-5-3-4-10(14)6-12)8-11-9-18-13(7-15)16-11/h3-6,9H,2,7-8,15H2,1H3. The molecule has 0 spiro atoms. The van der Waals surface area contributed by atoms with Gasteiger partial charge in [0.05, 0.1) is 12.2 Å². The predicted molar refractivity (Wildman–Crippen MR) is 73.1 cm³/mol. The number of rotatable bonds is 5. The van der Waals surface area contributed by atoms with E-state index >= 15 is 0 Å². The molecule has 1 aromatic heterocycles. The Labute approximate surface area is 110 Å². The molecule has 2 rings (SSSR count). The molecule has 0 amide bonds. The zero-order valence-corrected chi connectivity index (χ0v) is 11.1. The quantitative estimate of drug-likeness (QED) is 0.904. The second-order valence-corrected chi connectivity index (χ2v) is 4.87. The molecule has 3 nitrogen and oxygen atoms in total. The number of nitrogens with two attached hydrogens (primary N) is 1. The first-order valence-electron chi connectivity index (χ1n) is 5.86. The largest absolute Gasteiger partial charge is 0.366 e. The van der Waals surface area contributed by atoms with E-state index in [4.69, 9.17) is 5.73 Å². The summed E-state index contributed by atoms with van der Waals surface area (Å²) in [5.41, 5.74) is 7.40. The van der Waals surface area contributed by atoms with Crippen molar-refractivity contribution >= 4 is 17.0 Å². The highest BCUT2D eigenvalue weighted by Crippen LogP contribution is 2.19. The van der Waals surface area contributed by atoms with Crippen LogP contribution in [0, 0.1) is 5.82 Å². The van der Waals surface area contributed by atoms with Crippen LogP contribution in [0.3, 0.4) is 0 Å². The molecule has 1 heterocycles. The van der Waals surface area contributed by atoms with E-state index in [1.165, 1.54) is 6.07 Å². The van der Waals surface area contributed by atoms with E-state index < -0.39 is 0 Å². The molecule has 5 heteroatoms. The van der Waals surface area contributed by atoms with E-state index in [1.54, 1.807) is 23.5 Å². The second-order valence-electron chi connectivity index (χ2n) is 3.93. The summed E-state index contributed by atoms with van der Waals surface area (Å²) in [4.78, 5) is 6.50. The van der Waals surface area contributed by atoms with Crippen LogP contribution in [-0.4, -0.2) is 11.5 Å². The zero-order chi connectivity index (χ0) is 13.0. The highest BCUT2D eigenvalue weighted by molar-refractivity contribution is 7.09. The molecule has 0 aliphatic heterocycles. The van der Waals surface area contributed by atoms with Gasteiger partial charge in [-0.05, 0) is 25.1 Å². The summed E-state index contributed by atoms with van der Waals surface area (Å²) in [5.74, 6) is -0.216. The topological polar surface area (TPSA) is 42.1 Å². The van der Waals surface area contributed by atoms with Crippen molar-refractivity contribution < 1.29 is 4.39 Å². The van der Waals surface area contributed by atoms with E-state index in [1.807, 2.05) is 18.4 Å². The summed E-state index contributed by atoms with van der Waals surface area (Å²) in [7, 11) is 0. The summed E-state index contributed by atoms with van der Waals surface area (Å²) in [6, 6.07) is 6.62. The molecule has 0 aliphatic rings. The normalized spacial score (nSPS) is 10.6. The third-order valence-corrected chi connectivity index (χ3v) is 3.60. The summed E-state index contributed by atoms with van der Waals surface area (Å²) in [6.07, 6.45) is 0. The molecule has 2 N–H and O–H groups in total. The maximum Gasteiger partial charge on any atom is 0.125 e. The van der Waals surface area contributed by atoms with Gasteiger partial charge in [-0.3, -0.25) is 0 Å². The first-order valence-corrected chi connectivity index (χ1v) is 6.74. The van der Waals surface area contributed by atoms with Crippen LogP contribution in [0.1, 0.15) is 17.6 Å². The van der Waals surface area contributed by atoms with Crippen LogP contribution in [0.15, 0.2) is 29.6 Å². The number of anilines is 1. The second kappa shape index (κ2) is 5.93. The Morgan fingerprint density at radius 1 is 1.44 bits per heavy atom. The minimum absolute atomic E-state index is 0.216. The van der Waals surface area contributed by atoms with Gasteiger partial charge in [-0.25, -0.2) is 9.37 Å². The van der Waals surface area contributed by atoms with Gasteiger partial charge in [0.25, 0.3) is 0 Å². The Morgan fingerprint density at radius 2 is 2.28 bits per heavy atom. The maximum absolute atomic E-state index is 13.2. The number of benzene rings is 1. The van der Waals surface area contributed by atoms with Crippen molar-refractivity contribution in [1.29, 1.82) is 0 Å². The van der Waals surface area contributed by atoms with Gasteiger partial charge in [-0.15, -0.1) is 11.3 Å². The molecule has 0 unspecified atom stereocenters. The maximum atomic E-state index is 13.2. The fourth-order valence-corrected chi connectivity index (χ4v) is 2.43. The van der Waals surface area contributed by atoms with Crippen molar-refractivity contribution in [2.24, 2.45) is 5.73 Å². The summed E-state index contributed by atoms with van der Waals surface area (Å²) in [6.45, 7) is 3.99. The molecular weight excluding hydrogens is 249 g/mol. The first kappa shape index (κ1) is 13.0. The van der Waals surface area contributed by atoms with E-state index in [0.717, 1.165) is 22.9 Å². The number of hydrogen-bond acceptors (Lipinski definition) is 4. The van der Waals surface area contributed by atoms with Crippen molar-refractivity contribution in [3.05, 3.63) is 46.2 Å². The van der Waals surface area contributed by atoms with Crippen LogP contribution in [0.25, 0.3) is 0 Å². The lowest BCUT2D eigenvalue weighted by Gasteiger charge is -2.22. The molecule has 0 radical (unpaired) electrons. The van der Waals surface area contributed by atoms with Gasteiger partial charge >= 0.3 is 0 Å². The van der Waals surface area contributed by atoms with Crippen LogP contribution in [0.2, 0.25) is 0 Å². The van der Waals surface area contributed by atoms with E-state index in [2.05, 4.69) is 9.88 Å². The van der Waals surface area contributed by atoms with Gasteiger partial charge < -0.3 is 10.6 Å². The van der Waals surface area contributed by atoms with Crippen LogP contribution in [-0.2, 0) is 13.1 Å². The molecule has 0 saturated heterocycles. The molecule has 96 valence electrons. The van der Waals surface area contributed by atoms with Gasteiger partial charge in [0.15, 0.2) is 0 Å². The van der Waals surface area contributed by atoms with E-state index in [9.17, 15) is 4.39 Å². The molecular formula is C13H16FN3S. The fourth-order valence-electron chi connectivity index (χ4n) is 1.77. The summed E-state index contributed by atoms with van der Waals surface area (Å²) >= 11 is 1.56. The van der Waals surface area contributed by atoms with E-state index in [0.29, 0.717) is 13.1 Å². The van der Waals surface area contributed by atoms with Crippen LogP contribution < -0.4 is 10.6 Å². The van der Waals surface area contributed by atoms with Crippen molar-refractivity contribution in [2.75, 3.05) is 11.4 Å². The lowest BCUT2D eigenvalue weighted by atomic mass is 10.2. The first-order chi connectivity index (χ1) is 8.72. The molecule has 1 aromatic carbocycles. The van der Waals surface area contributed by atoms with Gasteiger partial charge in [0.2, 0.25) is 0 Å². The summed E-state index contributed by atoms with van der Waals surface area (Å²) in [5, 5.41) is 2.93. The minimum atomic E-state index is -0.216. The lowest BCUT2D eigenvalue weighted by Crippen LogP contribution is -2.22. The third kappa shape index (κ3) is 3.05. The Kier molecular flexibility index (Phi) is 4.28. The number of aromatic nitrogens is 1. The molecule has 18 heavy (non-hydrogen) atoms. The van der Waals surface area contributed by atoms with E-state index in [-0.39, 0.29) is 5.82 Å². The lowest BCUT2D eigenvalue weighted by molar-refractivity contribution is 0.626. The van der Waals surface area contributed by atoms with Crippen molar-refractivity contribution in [3.63, 3.8) is 0 Å². The Balaban J connectivity index is 2.14. The van der Waals surface area contributed by atoms with Gasteiger partial charge in [-0.2, -0.15) is 0 Å². The third-order valence-electron chi connectivity index (χ3n) is 2.68. The highest BCUT2D eigenvalue weighted by atomic mass is 32.1. The average Bonchev–Trinajstić information content (AvgIpc) is 2.83. The SMILES string of the molecule is CCN(Cc1csc(CN)n1)c1cccc(F)c1. The smallest absolute Gasteiger partial charge is 0.125 e. The molecule has 0 fully saturated rings. The fraction of sp³-hybridized carbons (Fsp3) is 0.308. The van der Waals surface area contributed by atoms with Crippen molar-refractivity contribution in [2.45, 2.75) is 20.0 Å². The van der Waals surface area contributed by atoms with Crippen molar-refractivity contribution in [1.82, 2.24) is 4.98 Å². The molecule has 0 saturated carbocycles. The van der Waals surface area contributed by atoms with Crippen LogP contribution in [0.5, 0.6) is 0 Å². The molecule has 0 bridgehead atoms. The monoisotopic (exact) mass is 265 g/mol. The number of nitrogens with zero attached hydrogens (tertiary/aromatic N) is 2. The number of halogens is 1. The minimum Gasteiger partial charge on any atom is -0.366 e.